The lowest BCUT2D eigenvalue weighted by Crippen LogP contribution is -2.34. The molecule has 0 bridgehead atoms. The van der Waals surface area contributed by atoms with Crippen molar-refractivity contribution in [3.8, 4) is 0 Å². The standard InChI is InChI=1S/C21H18F6N5P/c22-17-16-11(2-1-3-13(16)20(17,23)24)9-30-18-12-8-15(33-6-4-28-5-7-33)29-10-14(12)31-19(32-18)21(25,26)27/h1-3,8,10,17,28H,4-7,9H2,(H,30,31,32). The first-order valence-electron chi connectivity index (χ1n) is 10.2. The zero-order chi connectivity index (χ0) is 23.4. The molecule has 2 aromatic heterocycles. The Morgan fingerprint density at radius 1 is 1.15 bits per heavy atom. The molecule has 2 aliphatic rings. The number of aromatic nitrogens is 3. The molecule has 0 radical (unpaired) electrons. The molecule has 174 valence electrons. The van der Waals surface area contributed by atoms with Crippen LogP contribution in [0.3, 0.4) is 0 Å². The van der Waals surface area contributed by atoms with Gasteiger partial charge in [0.1, 0.15) is 5.82 Å². The van der Waals surface area contributed by atoms with E-state index in [1.807, 2.05) is 0 Å². The smallest absolute Gasteiger partial charge is 0.365 e. The highest BCUT2D eigenvalue weighted by Crippen LogP contribution is 2.56. The van der Waals surface area contributed by atoms with Crippen molar-refractivity contribution in [2.75, 3.05) is 30.7 Å². The molecule has 1 unspecified atom stereocenters. The van der Waals surface area contributed by atoms with Gasteiger partial charge in [-0.2, -0.15) is 22.0 Å². The summed E-state index contributed by atoms with van der Waals surface area (Å²) in [5.41, 5.74) is 0.508. The fourth-order valence-electron chi connectivity index (χ4n) is 4.13. The normalized spacial score (nSPS) is 20.4. The molecule has 0 spiro atoms. The van der Waals surface area contributed by atoms with Gasteiger partial charge in [0, 0.05) is 23.1 Å². The van der Waals surface area contributed by atoms with Gasteiger partial charge in [0.05, 0.1) is 17.1 Å². The molecule has 0 saturated carbocycles. The van der Waals surface area contributed by atoms with Gasteiger partial charge < -0.3 is 10.6 Å². The minimum atomic E-state index is -4.79. The summed E-state index contributed by atoms with van der Waals surface area (Å²) < 4.78 is 81.7. The second-order valence-electron chi connectivity index (χ2n) is 7.91. The summed E-state index contributed by atoms with van der Waals surface area (Å²) in [4.78, 5) is 11.6. The van der Waals surface area contributed by atoms with E-state index >= 15 is 0 Å². The van der Waals surface area contributed by atoms with Crippen molar-refractivity contribution >= 4 is 30.1 Å². The lowest BCUT2D eigenvalue weighted by molar-refractivity contribution is -0.144. The molecular formula is C21H18F6N5P. The van der Waals surface area contributed by atoms with Crippen LogP contribution < -0.4 is 16.1 Å². The van der Waals surface area contributed by atoms with Gasteiger partial charge in [-0.1, -0.05) is 26.1 Å². The van der Waals surface area contributed by atoms with Crippen LogP contribution in [-0.2, 0) is 18.6 Å². The predicted molar refractivity (Wildman–Crippen MR) is 113 cm³/mol. The molecule has 2 N–H and O–H groups in total. The van der Waals surface area contributed by atoms with Crippen molar-refractivity contribution in [3.05, 3.63) is 53.0 Å². The lowest BCUT2D eigenvalue weighted by atomic mass is 9.79. The maximum absolute atomic E-state index is 14.0. The van der Waals surface area contributed by atoms with Crippen molar-refractivity contribution in [2.45, 2.75) is 24.8 Å². The number of anilines is 1. The molecule has 1 aliphatic heterocycles. The highest BCUT2D eigenvalue weighted by atomic mass is 31.1. The van der Waals surface area contributed by atoms with Crippen molar-refractivity contribution in [1.82, 2.24) is 20.3 Å². The summed E-state index contributed by atoms with van der Waals surface area (Å²) in [6.45, 7) is 1.52. The molecule has 33 heavy (non-hydrogen) atoms. The molecule has 5 rings (SSSR count). The quantitative estimate of drug-likeness (QED) is 0.422. The van der Waals surface area contributed by atoms with Gasteiger partial charge in [0.25, 0.3) is 0 Å². The number of hydrogen-bond acceptors (Lipinski definition) is 5. The largest absolute Gasteiger partial charge is 0.451 e. The minimum Gasteiger partial charge on any atom is -0.365 e. The molecule has 1 atom stereocenters. The van der Waals surface area contributed by atoms with Crippen LogP contribution in [0.2, 0.25) is 0 Å². The van der Waals surface area contributed by atoms with Crippen LogP contribution >= 0.6 is 7.92 Å². The zero-order valence-electron chi connectivity index (χ0n) is 17.1. The second-order valence-corrected chi connectivity index (χ2v) is 10.3. The Morgan fingerprint density at radius 3 is 2.64 bits per heavy atom. The van der Waals surface area contributed by atoms with E-state index in [2.05, 4.69) is 25.6 Å². The van der Waals surface area contributed by atoms with E-state index < -0.39 is 37.6 Å². The molecule has 1 aliphatic carbocycles. The minimum absolute atomic E-state index is 0.0182. The van der Waals surface area contributed by atoms with Crippen LogP contribution in [0.4, 0.5) is 32.2 Å². The summed E-state index contributed by atoms with van der Waals surface area (Å²) in [6.07, 6.45) is -4.12. The first-order chi connectivity index (χ1) is 15.7. The summed E-state index contributed by atoms with van der Waals surface area (Å²) >= 11 is 0. The summed E-state index contributed by atoms with van der Waals surface area (Å²) in [6, 6.07) is 5.68. The number of alkyl halides is 6. The van der Waals surface area contributed by atoms with E-state index in [0.29, 0.717) is 5.39 Å². The van der Waals surface area contributed by atoms with E-state index in [1.54, 1.807) is 6.07 Å². The molecule has 0 amide bonds. The topological polar surface area (TPSA) is 62.7 Å². The highest BCUT2D eigenvalue weighted by Gasteiger charge is 2.55. The van der Waals surface area contributed by atoms with Gasteiger partial charge in [-0.15, -0.1) is 0 Å². The Balaban J connectivity index is 1.52. The molecule has 1 saturated heterocycles. The Kier molecular flexibility index (Phi) is 5.44. The summed E-state index contributed by atoms with van der Waals surface area (Å²) in [5, 5.41) is 6.42. The third-order valence-corrected chi connectivity index (χ3v) is 8.26. The molecule has 3 aromatic rings. The number of benzene rings is 1. The van der Waals surface area contributed by atoms with E-state index in [1.165, 1.54) is 18.3 Å². The highest BCUT2D eigenvalue weighted by molar-refractivity contribution is 7.65. The van der Waals surface area contributed by atoms with Crippen LogP contribution in [0, 0.1) is 0 Å². The van der Waals surface area contributed by atoms with Gasteiger partial charge in [-0.05, 0) is 37.0 Å². The Hall–Kier alpha value is -2.52. The maximum atomic E-state index is 14.0. The van der Waals surface area contributed by atoms with Crippen molar-refractivity contribution in [2.24, 2.45) is 0 Å². The fourth-order valence-corrected chi connectivity index (χ4v) is 6.20. The molecule has 3 heterocycles. The van der Waals surface area contributed by atoms with Gasteiger partial charge in [-0.3, -0.25) is 4.98 Å². The van der Waals surface area contributed by atoms with Gasteiger partial charge in [-0.25, -0.2) is 14.4 Å². The van der Waals surface area contributed by atoms with Gasteiger partial charge in [0.2, 0.25) is 5.82 Å². The molecule has 1 fully saturated rings. The number of nitrogens with one attached hydrogen (secondary N) is 2. The van der Waals surface area contributed by atoms with E-state index in [9.17, 15) is 26.3 Å². The molecule has 12 heteroatoms. The van der Waals surface area contributed by atoms with Crippen molar-refractivity contribution in [1.29, 1.82) is 0 Å². The Bertz CT molecular complexity index is 1210. The summed E-state index contributed by atoms with van der Waals surface area (Å²) in [7, 11) is -0.565. The average Bonchev–Trinajstić information content (AvgIpc) is 2.81. The number of halogens is 6. The second kappa shape index (κ2) is 8.06. The third kappa shape index (κ3) is 3.91. The van der Waals surface area contributed by atoms with Crippen molar-refractivity contribution in [3.63, 3.8) is 0 Å². The molecule has 1 aromatic carbocycles. The fraction of sp³-hybridized carbons (Fsp3) is 0.381. The first kappa shape index (κ1) is 22.3. The molecule has 5 nitrogen and oxygen atoms in total. The lowest BCUT2D eigenvalue weighted by Gasteiger charge is -2.35. The zero-order valence-corrected chi connectivity index (χ0v) is 18.0. The Labute approximate surface area is 185 Å². The molecular weight excluding hydrogens is 467 g/mol. The van der Waals surface area contributed by atoms with Gasteiger partial charge in [0.15, 0.2) is 6.17 Å². The summed E-state index contributed by atoms with van der Waals surface area (Å²) in [5.74, 6) is -5.00. The van der Waals surface area contributed by atoms with Crippen molar-refractivity contribution < 1.29 is 26.3 Å². The number of fused-ring (bicyclic) bond motifs is 2. The third-order valence-electron chi connectivity index (χ3n) is 5.84. The van der Waals surface area contributed by atoms with E-state index in [0.717, 1.165) is 36.9 Å². The van der Waals surface area contributed by atoms with E-state index in [-0.39, 0.29) is 29.0 Å². The predicted octanol–water partition coefficient (Wildman–Crippen LogP) is 4.48. The van der Waals surface area contributed by atoms with Crippen LogP contribution in [0.25, 0.3) is 10.9 Å². The first-order valence-corrected chi connectivity index (χ1v) is 12.0. The number of rotatable bonds is 4. The van der Waals surface area contributed by atoms with Crippen LogP contribution in [0.1, 0.15) is 28.7 Å². The maximum Gasteiger partial charge on any atom is 0.451 e. The monoisotopic (exact) mass is 485 g/mol. The van der Waals surface area contributed by atoms with Crippen LogP contribution in [-0.4, -0.2) is 40.4 Å². The number of pyridine rings is 1. The van der Waals surface area contributed by atoms with Crippen LogP contribution in [0.5, 0.6) is 0 Å². The van der Waals surface area contributed by atoms with Gasteiger partial charge >= 0.3 is 12.1 Å². The van der Waals surface area contributed by atoms with Crippen LogP contribution in [0.15, 0.2) is 30.5 Å². The van der Waals surface area contributed by atoms with E-state index in [4.69, 9.17) is 0 Å². The number of nitrogens with zero attached hydrogens (tertiary/aromatic N) is 3. The Morgan fingerprint density at radius 2 is 1.91 bits per heavy atom. The average molecular weight is 485 g/mol. The SMILES string of the molecule is FC1c2c(CNc3nc(C(F)(F)F)nc4cnc(P5CCNCC5)cc34)cccc2C1(F)F. The number of hydrogen-bond donors (Lipinski definition) is 2.